The van der Waals surface area contributed by atoms with Gasteiger partial charge >= 0.3 is 0 Å². The molecule has 0 bridgehead atoms. The summed E-state index contributed by atoms with van der Waals surface area (Å²) in [6, 6.07) is 0.123. The Hall–Kier alpha value is -1.20. The number of aliphatic hydroxyl groups excluding tert-OH is 2. The van der Waals surface area contributed by atoms with Crippen LogP contribution in [0.25, 0.3) is 0 Å². The molecule has 1 aliphatic carbocycles. The van der Waals surface area contributed by atoms with Crippen LogP contribution in [-0.2, 0) is 6.61 Å². The van der Waals surface area contributed by atoms with Crippen LogP contribution >= 0.6 is 0 Å². The van der Waals surface area contributed by atoms with Gasteiger partial charge < -0.3 is 15.1 Å². The van der Waals surface area contributed by atoms with E-state index in [1.54, 1.807) is 12.4 Å². The smallest absolute Gasteiger partial charge is 0.147 e. The third-order valence-electron chi connectivity index (χ3n) is 3.41. The molecule has 1 heterocycles. The van der Waals surface area contributed by atoms with E-state index in [0.29, 0.717) is 5.69 Å². The average Bonchev–Trinajstić information content (AvgIpc) is 2.39. The maximum Gasteiger partial charge on any atom is 0.147 e. The quantitative estimate of drug-likeness (QED) is 0.810. The molecule has 17 heavy (non-hydrogen) atoms. The summed E-state index contributed by atoms with van der Waals surface area (Å²) in [4.78, 5) is 10.3. The topological polar surface area (TPSA) is 69.5 Å². The van der Waals surface area contributed by atoms with Crippen molar-refractivity contribution in [2.75, 3.05) is 11.9 Å². The SMILES string of the molecule is CN(c1cnc(CO)cn1)C1CCCCC1O. The van der Waals surface area contributed by atoms with Gasteiger partial charge in [0.1, 0.15) is 5.82 Å². The van der Waals surface area contributed by atoms with Crippen molar-refractivity contribution in [2.45, 2.75) is 44.4 Å². The van der Waals surface area contributed by atoms with Gasteiger partial charge in [-0.1, -0.05) is 12.8 Å². The van der Waals surface area contributed by atoms with Crippen molar-refractivity contribution in [1.82, 2.24) is 9.97 Å². The largest absolute Gasteiger partial charge is 0.391 e. The number of likely N-dealkylation sites (N-methyl/N-ethyl adjacent to an activating group) is 1. The van der Waals surface area contributed by atoms with Crippen molar-refractivity contribution in [1.29, 1.82) is 0 Å². The van der Waals surface area contributed by atoms with E-state index in [2.05, 4.69) is 9.97 Å². The summed E-state index contributed by atoms with van der Waals surface area (Å²) in [5.74, 6) is 0.744. The number of rotatable bonds is 3. The summed E-state index contributed by atoms with van der Waals surface area (Å²) in [6.45, 7) is -0.0942. The molecule has 2 atom stereocenters. The minimum atomic E-state index is -0.284. The third-order valence-corrected chi connectivity index (χ3v) is 3.41. The Labute approximate surface area is 101 Å². The summed E-state index contributed by atoms with van der Waals surface area (Å²) >= 11 is 0. The fourth-order valence-corrected chi connectivity index (χ4v) is 2.33. The molecule has 0 aromatic carbocycles. The van der Waals surface area contributed by atoms with Gasteiger partial charge in [-0.15, -0.1) is 0 Å². The van der Waals surface area contributed by atoms with Crippen molar-refractivity contribution in [3.63, 3.8) is 0 Å². The monoisotopic (exact) mass is 237 g/mol. The fraction of sp³-hybridized carbons (Fsp3) is 0.667. The lowest BCUT2D eigenvalue weighted by Crippen LogP contribution is -2.43. The number of aromatic nitrogens is 2. The van der Waals surface area contributed by atoms with E-state index in [-0.39, 0.29) is 18.8 Å². The molecular weight excluding hydrogens is 218 g/mol. The Morgan fingerprint density at radius 2 is 2.06 bits per heavy atom. The Kier molecular flexibility index (Phi) is 3.91. The third kappa shape index (κ3) is 2.73. The molecular formula is C12H19N3O2. The summed E-state index contributed by atoms with van der Waals surface area (Å²) in [7, 11) is 1.93. The van der Waals surface area contributed by atoms with E-state index in [1.807, 2.05) is 11.9 Å². The first-order valence-corrected chi connectivity index (χ1v) is 6.05. The predicted octanol–water partition coefficient (Wildman–Crippen LogP) is 0.709. The maximum atomic E-state index is 9.97. The van der Waals surface area contributed by atoms with Gasteiger partial charge in [0, 0.05) is 7.05 Å². The minimum Gasteiger partial charge on any atom is -0.391 e. The van der Waals surface area contributed by atoms with Crippen LogP contribution in [0.15, 0.2) is 12.4 Å². The van der Waals surface area contributed by atoms with Crippen molar-refractivity contribution in [2.24, 2.45) is 0 Å². The summed E-state index contributed by atoms with van der Waals surface area (Å²) < 4.78 is 0. The van der Waals surface area contributed by atoms with Crippen LogP contribution in [0.5, 0.6) is 0 Å². The van der Waals surface area contributed by atoms with Crippen LogP contribution in [0.4, 0.5) is 5.82 Å². The normalized spacial score (nSPS) is 24.6. The molecule has 2 N–H and O–H groups in total. The molecule has 0 spiro atoms. The van der Waals surface area contributed by atoms with E-state index in [9.17, 15) is 5.11 Å². The van der Waals surface area contributed by atoms with Gasteiger partial charge in [0.25, 0.3) is 0 Å². The maximum absolute atomic E-state index is 9.97. The molecule has 1 saturated carbocycles. The zero-order valence-corrected chi connectivity index (χ0v) is 10.1. The van der Waals surface area contributed by atoms with Crippen LogP contribution in [0, 0.1) is 0 Å². The van der Waals surface area contributed by atoms with Crippen LogP contribution < -0.4 is 4.90 Å². The van der Waals surface area contributed by atoms with Crippen LogP contribution in [0.2, 0.25) is 0 Å². The lowest BCUT2D eigenvalue weighted by molar-refractivity contribution is 0.106. The number of hydrogen-bond donors (Lipinski definition) is 2. The first kappa shape index (κ1) is 12.3. The van der Waals surface area contributed by atoms with Gasteiger partial charge in [-0.05, 0) is 12.8 Å². The molecule has 5 heteroatoms. The van der Waals surface area contributed by atoms with Crippen molar-refractivity contribution in [3.05, 3.63) is 18.1 Å². The van der Waals surface area contributed by atoms with Gasteiger partial charge in [-0.2, -0.15) is 0 Å². The Bertz CT molecular complexity index is 355. The molecule has 0 saturated heterocycles. The van der Waals surface area contributed by atoms with Gasteiger partial charge in [0.15, 0.2) is 0 Å². The highest BCUT2D eigenvalue weighted by molar-refractivity contribution is 5.36. The molecule has 0 aliphatic heterocycles. The summed E-state index contributed by atoms with van der Waals surface area (Å²) in [6.07, 6.45) is 7.02. The van der Waals surface area contributed by atoms with Crippen molar-refractivity contribution < 1.29 is 10.2 Å². The zero-order valence-electron chi connectivity index (χ0n) is 10.1. The molecule has 1 aromatic heterocycles. The van der Waals surface area contributed by atoms with E-state index in [4.69, 9.17) is 5.11 Å². The first-order valence-electron chi connectivity index (χ1n) is 6.05. The molecule has 0 radical (unpaired) electrons. The highest BCUT2D eigenvalue weighted by atomic mass is 16.3. The highest BCUT2D eigenvalue weighted by Crippen LogP contribution is 2.25. The van der Waals surface area contributed by atoms with Crippen LogP contribution in [-0.4, -0.2) is 39.4 Å². The minimum absolute atomic E-state index is 0.0942. The first-order chi connectivity index (χ1) is 8.22. The lowest BCUT2D eigenvalue weighted by atomic mass is 9.92. The molecule has 0 amide bonds. The number of anilines is 1. The zero-order chi connectivity index (χ0) is 12.3. The van der Waals surface area contributed by atoms with E-state index in [0.717, 1.165) is 31.5 Å². The Balaban J connectivity index is 2.09. The number of aliphatic hydroxyl groups is 2. The highest BCUT2D eigenvalue weighted by Gasteiger charge is 2.27. The van der Waals surface area contributed by atoms with Gasteiger partial charge in [0.2, 0.25) is 0 Å². The van der Waals surface area contributed by atoms with Gasteiger partial charge in [0.05, 0.1) is 36.8 Å². The number of nitrogens with zero attached hydrogens (tertiary/aromatic N) is 3. The van der Waals surface area contributed by atoms with E-state index < -0.39 is 0 Å². The molecule has 1 aliphatic rings. The predicted molar refractivity (Wildman–Crippen MR) is 64.6 cm³/mol. The molecule has 2 unspecified atom stereocenters. The molecule has 2 rings (SSSR count). The van der Waals surface area contributed by atoms with E-state index >= 15 is 0 Å². The van der Waals surface area contributed by atoms with Crippen LogP contribution in [0.1, 0.15) is 31.4 Å². The van der Waals surface area contributed by atoms with Crippen molar-refractivity contribution >= 4 is 5.82 Å². The Morgan fingerprint density at radius 3 is 2.65 bits per heavy atom. The second-order valence-corrected chi connectivity index (χ2v) is 4.55. The summed E-state index contributed by atoms with van der Waals surface area (Å²) in [5, 5.41) is 18.9. The standard InChI is InChI=1S/C12H19N3O2/c1-15(10-4-2-3-5-11(10)17)12-7-13-9(8-16)6-14-12/h6-7,10-11,16-17H,2-5,8H2,1H3. The van der Waals surface area contributed by atoms with Crippen LogP contribution in [0.3, 0.4) is 0 Å². The van der Waals surface area contributed by atoms with Crippen molar-refractivity contribution in [3.8, 4) is 0 Å². The van der Waals surface area contributed by atoms with E-state index in [1.165, 1.54) is 0 Å². The second kappa shape index (κ2) is 5.42. The molecule has 1 aromatic rings. The van der Waals surface area contributed by atoms with Gasteiger partial charge in [-0.3, -0.25) is 4.98 Å². The second-order valence-electron chi connectivity index (χ2n) is 4.55. The van der Waals surface area contributed by atoms with Gasteiger partial charge in [-0.25, -0.2) is 4.98 Å². The average molecular weight is 237 g/mol. The molecule has 94 valence electrons. The molecule has 1 fully saturated rings. The molecule has 5 nitrogen and oxygen atoms in total. The lowest BCUT2D eigenvalue weighted by Gasteiger charge is -2.35. The fourth-order valence-electron chi connectivity index (χ4n) is 2.33. The summed E-state index contributed by atoms with van der Waals surface area (Å²) in [5.41, 5.74) is 0.561. The Morgan fingerprint density at radius 1 is 1.29 bits per heavy atom. The number of hydrogen-bond acceptors (Lipinski definition) is 5.